The van der Waals surface area contributed by atoms with Gasteiger partial charge in [-0.15, -0.1) is 0 Å². The van der Waals surface area contributed by atoms with Crippen molar-refractivity contribution >= 4 is 17.7 Å². The number of benzene rings is 2. The van der Waals surface area contributed by atoms with Crippen molar-refractivity contribution in [2.45, 2.75) is 19.4 Å². The first kappa shape index (κ1) is 22.5. The average Bonchev–Trinajstić information content (AvgIpc) is 2.75. The molecule has 32 heavy (non-hydrogen) atoms. The summed E-state index contributed by atoms with van der Waals surface area (Å²) in [5.74, 6) is -2.06. The third-order valence-corrected chi connectivity index (χ3v) is 4.93. The molecule has 2 aromatic carbocycles. The van der Waals surface area contributed by atoms with Gasteiger partial charge in [-0.05, 0) is 30.2 Å². The van der Waals surface area contributed by atoms with Gasteiger partial charge in [-0.1, -0.05) is 36.4 Å². The lowest BCUT2D eigenvalue weighted by Gasteiger charge is -2.19. The number of nitrogens with zero attached hydrogens (tertiary/aromatic N) is 1. The maximum absolute atomic E-state index is 14.4. The van der Waals surface area contributed by atoms with E-state index in [9.17, 15) is 29.0 Å². The molecular formula is C23H22FN3O5. The van der Waals surface area contributed by atoms with Crippen LogP contribution in [0.3, 0.4) is 0 Å². The van der Waals surface area contributed by atoms with E-state index in [-0.39, 0.29) is 17.0 Å². The van der Waals surface area contributed by atoms with Crippen LogP contribution in [0.5, 0.6) is 5.75 Å². The summed E-state index contributed by atoms with van der Waals surface area (Å²) in [5, 5.41) is 24.2. The highest BCUT2D eigenvalue weighted by molar-refractivity contribution is 5.91. The first-order valence-corrected chi connectivity index (χ1v) is 9.70. The number of aliphatic carboxylic acids is 1. The number of carbonyl (C=O) groups excluding carboxylic acids is 1. The van der Waals surface area contributed by atoms with Crippen LogP contribution in [-0.2, 0) is 11.8 Å². The maximum Gasteiger partial charge on any atom is 0.319 e. The summed E-state index contributed by atoms with van der Waals surface area (Å²) in [6.07, 6.45) is 0.933. The van der Waals surface area contributed by atoms with E-state index in [0.717, 1.165) is 0 Å². The van der Waals surface area contributed by atoms with Gasteiger partial charge in [0.05, 0.1) is 12.5 Å². The van der Waals surface area contributed by atoms with Crippen LogP contribution >= 0.6 is 0 Å². The number of carboxylic acids is 1. The van der Waals surface area contributed by atoms with Crippen molar-refractivity contribution in [2.24, 2.45) is 7.05 Å². The summed E-state index contributed by atoms with van der Waals surface area (Å²) in [4.78, 5) is 36.3. The third kappa shape index (κ3) is 4.94. The van der Waals surface area contributed by atoms with Crippen molar-refractivity contribution < 1.29 is 24.2 Å². The van der Waals surface area contributed by atoms with Gasteiger partial charge in [-0.3, -0.25) is 9.59 Å². The zero-order valence-electron chi connectivity index (χ0n) is 17.4. The van der Waals surface area contributed by atoms with Gasteiger partial charge in [-0.25, -0.2) is 9.18 Å². The Kier molecular flexibility index (Phi) is 6.58. The molecule has 0 bridgehead atoms. The quantitative estimate of drug-likeness (QED) is 0.468. The monoisotopic (exact) mass is 439 g/mol. The minimum Gasteiger partial charge on any atom is -0.505 e. The van der Waals surface area contributed by atoms with E-state index in [0.29, 0.717) is 16.7 Å². The number of aryl methyl sites for hydroxylation is 2. The van der Waals surface area contributed by atoms with Gasteiger partial charge < -0.3 is 25.4 Å². The van der Waals surface area contributed by atoms with Crippen LogP contribution < -0.4 is 16.2 Å². The van der Waals surface area contributed by atoms with Gasteiger partial charge in [0.25, 0.3) is 5.56 Å². The second-order valence-corrected chi connectivity index (χ2v) is 7.31. The smallest absolute Gasteiger partial charge is 0.319 e. The number of pyridine rings is 1. The lowest BCUT2D eigenvalue weighted by molar-refractivity contribution is -0.137. The van der Waals surface area contributed by atoms with Crippen LogP contribution in [0, 0.1) is 12.7 Å². The summed E-state index contributed by atoms with van der Waals surface area (Å²) < 4.78 is 15.6. The molecule has 3 rings (SSSR count). The molecule has 0 spiro atoms. The number of aromatic hydroxyl groups is 1. The standard InChI is InChI=1S/C23H22FN3O5/c1-13-12-27(2)22(31)20(21(13)30)26-23(32)25-18(11-19(28)29)15-8-9-17(24)16(10-15)14-6-4-3-5-7-14/h3-10,12,18,30H,11H2,1-2H3,(H,28,29)(H2,25,26,32)/t18-/m0/s1. The number of amides is 2. The second kappa shape index (κ2) is 9.34. The van der Waals surface area contributed by atoms with Crippen molar-refractivity contribution in [3.05, 3.63) is 82.0 Å². The Morgan fingerprint density at radius 3 is 2.50 bits per heavy atom. The summed E-state index contributed by atoms with van der Waals surface area (Å²) in [5.41, 5.74) is 0.624. The number of hydrogen-bond donors (Lipinski definition) is 4. The number of urea groups is 1. The topological polar surface area (TPSA) is 121 Å². The number of nitrogens with one attached hydrogen (secondary N) is 2. The van der Waals surface area contributed by atoms with E-state index in [1.807, 2.05) is 0 Å². The molecule has 166 valence electrons. The number of carbonyl (C=O) groups is 2. The first-order valence-electron chi connectivity index (χ1n) is 9.70. The molecule has 0 saturated carbocycles. The first-order chi connectivity index (χ1) is 15.2. The Hall–Kier alpha value is -4.14. The van der Waals surface area contributed by atoms with Crippen LogP contribution in [0.1, 0.15) is 23.6 Å². The highest BCUT2D eigenvalue weighted by Crippen LogP contribution is 2.28. The van der Waals surface area contributed by atoms with Crippen LogP contribution in [0.2, 0.25) is 0 Å². The predicted molar refractivity (Wildman–Crippen MR) is 117 cm³/mol. The molecule has 2 amide bonds. The lowest BCUT2D eigenvalue weighted by Crippen LogP contribution is -2.36. The number of hydrogen-bond acceptors (Lipinski definition) is 4. The zero-order chi connectivity index (χ0) is 23.4. The fourth-order valence-corrected chi connectivity index (χ4v) is 3.33. The Balaban J connectivity index is 1.91. The van der Waals surface area contributed by atoms with E-state index in [2.05, 4.69) is 10.6 Å². The van der Waals surface area contributed by atoms with Crippen LogP contribution in [0.25, 0.3) is 11.1 Å². The SMILES string of the molecule is Cc1cn(C)c(=O)c(NC(=O)N[C@@H](CC(=O)O)c2ccc(F)c(-c3ccccc3)c2)c1O. The van der Waals surface area contributed by atoms with Crippen molar-refractivity contribution in [1.82, 2.24) is 9.88 Å². The average molecular weight is 439 g/mol. The molecule has 0 aliphatic rings. The van der Waals surface area contributed by atoms with E-state index >= 15 is 0 Å². The van der Waals surface area contributed by atoms with Crippen molar-refractivity contribution in [1.29, 1.82) is 0 Å². The Morgan fingerprint density at radius 1 is 1.16 bits per heavy atom. The number of anilines is 1. The van der Waals surface area contributed by atoms with Crippen LogP contribution in [0.15, 0.2) is 59.5 Å². The van der Waals surface area contributed by atoms with E-state index in [1.165, 1.54) is 36.0 Å². The molecule has 4 N–H and O–H groups in total. The molecule has 0 fully saturated rings. The molecule has 9 heteroatoms. The highest BCUT2D eigenvalue weighted by atomic mass is 19.1. The van der Waals surface area contributed by atoms with E-state index in [4.69, 9.17) is 0 Å². The largest absolute Gasteiger partial charge is 0.505 e. The fraction of sp³-hybridized carbons (Fsp3) is 0.174. The lowest BCUT2D eigenvalue weighted by atomic mass is 9.97. The van der Waals surface area contributed by atoms with Gasteiger partial charge in [0.2, 0.25) is 0 Å². The Morgan fingerprint density at radius 2 is 1.84 bits per heavy atom. The van der Waals surface area contributed by atoms with Crippen molar-refractivity contribution in [3.63, 3.8) is 0 Å². The second-order valence-electron chi connectivity index (χ2n) is 7.31. The molecule has 0 aliphatic carbocycles. The Bertz CT molecular complexity index is 1220. The molecule has 1 atom stereocenters. The molecule has 1 heterocycles. The number of halogens is 1. The van der Waals surface area contributed by atoms with Gasteiger partial charge in [0.15, 0.2) is 5.69 Å². The van der Waals surface area contributed by atoms with E-state index < -0.39 is 35.8 Å². The summed E-state index contributed by atoms with van der Waals surface area (Å²) >= 11 is 0. The number of aromatic nitrogens is 1. The molecule has 1 aromatic heterocycles. The normalized spacial score (nSPS) is 11.6. The van der Waals surface area contributed by atoms with Crippen LogP contribution in [0.4, 0.5) is 14.9 Å². The maximum atomic E-state index is 14.4. The summed E-state index contributed by atoms with van der Waals surface area (Å²) in [6, 6.07) is 10.9. The van der Waals surface area contributed by atoms with Gasteiger partial charge in [-0.2, -0.15) is 0 Å². The number of rotatable bonds is 6. The third-order valence-electron chi connectivity index (χ3n) is 4.93. The van der Waals surface area contributed by atoms with Gasteiger partial charge in [0.1, 0.15) is 11.6 Å². The van der Waals surface area contributed by atoms with E-state index in [1.54, 1.807) is 37.3 Å². The van der Waals surface area contributed by atoms with Crippen LogP contribution in [-0.4, -0.2) is 26.8 Å². The summed E-state index contributed by atoms with van der Waals surface area (Å²) in [7, 11) is 1.47. The zero-order valence-corrected chi connectivity index (χ0v) is 17.4. The minimum absolute atomic E-state index is 0.255. The predicted octanol–water partition coefficient (Wildman–Crippen LogP) is 3.54. The van der Waals surface area contributed by atoms with Gasteiger partial charge in [0, 0.05) is 24.4 Å². The molecular weight excluding hydrogens is 417 g/mol. The summed E-state index contributed by atoms with van der Waals surface area (Å²) in [6.45, 7) is 1.56. The van der Waals surface area contributed by atoms with Gasteiger partial charge >= 0.3 is 12.0 Å². The molecule has 0 saturated heterocycles. The minimum atomic E-state index is -1.18. The Labute approximate surface area is 183 Å². The fourth-order valence-electron chi connectivity index (χ4n) is 3.33. The highest BCUT2D eigenvalue weighted by Gasteiger charge is 2.22. The van der Waals surface area contributed by atoms with Crippen molar-refractivity contribution in [2.75, 3.05) is 5.32 Å². The molecule has 0 aliphatic heterocycles. The molecule has 0 unspecified atom stereocenters. The molecule has 0 radical (unpaired) electrons. The molecule has 3 aromatic rings. The van der Waals surface area contributed by atoms with Crippen molar-refractivity contribution in [3.8, 4) is 16.9 Å². The number of carboxylic acid groups (broad SMARTS) is 1. The molecule has 8 nitrogen and oxygen atoms in total.